The van der Waals surface area contributed by atoms with Crippen LogP contribution < -0.4 is 10.6 Å². The van der Waals surface area contributed by atoms with E-state index in [2.05, 4.69) is 15.6 Å². The molecule has 0 saturated heterocycles. The van der Waals surface area contributed by atoms with Crippen molar-refractivity contribution >= 4 is 5.96 Å². The second-order valence-corrected chi connectivity index (χ2v) is 4.44. The number of aryl methyl sites for hydroxylation is 1. The Morgan fingerprint density at radius 2 is 2.10 bits per heavy atom. The molecule has 1 rings (SSSR count). The Labute approximate surface area is 116 Å². The number of alkyl halides is 3. The van der Waals surface area contributed by atoms with Crippen LogP contribution in [0.1, 0.15) is 37.8 Å². The maximum absolute atomic E-state index is 12.1. The Morgan fingerprint density at radius 1 is 1.40 bits per heavy atom. The van der Waals surface area contributed by atoms with E-state index in [0.29, 0.717) is 18.3 Å². The molecule has 0 radical (unpaired) electrons. The Balaban J connectivity index is 2.59. The molecule has 0 aliphatic carbocycles. The molecule has 1 aromatic rings. The summed E-state index contributed by atoms with van der Waals surface area (Å²) in [6, 6.07) is 3.49. The van der Waals surface area contributed by atoms with Gasteiger partial charge < -0.3 is 15.1 Å². The zero-order valence-electron chi connectivity index (χ0n) is 11.8. The molecule has 1 atom stereocenters. The van der Waals surface area contributed by atoms with E-state index < -0.39 is 12.6 Å². The lowest BCUT2D eigenvalue weighted by Gasteiger charge is -2.16. The van der Waals surface area contributed by atoms with Crippen LogP contribution in [0.2, 0.25) is 0 Å². The van der Waals surface area contributed by atoms with Crippen molar-refractivity contribution in [2.75, 3.05) is 13.1 Å². The fourth-order valence-corrected chi connectivity index (χ4v) is 1.58. The fourth-order valence-electron chi connectivity index (χ4n) is 1.58. The van der Waals surface area contributed by atoms with Crippen LogP contribution in [0.15, 0.2) is 21.5 Å². The van der Waals surface area contributed by atoms with E-state index in [-0.39, 0.29) is 12.6 Å². The minimum Gasteiger partial charge on any atom is -0.464 e. The minimum absolute atomic E-state index is 0.174. The molecule has 114 valence electrons. The lowest BCUT2D eigenvalue weighted by atomic mass is 10.2. The summed E-state index contributed by atoms with van der Waals surface area (Å²) in [6.45, 7) is 5.81. The predicted octanol–water partition coefficient (Wildman–Crippen LogP) is 3.16. The van der Waals surface area contributed by atoms with E-state index in [1.54, 1.807) is 0 Å². The van der Waals surface area contributed by atoms with Gasteiger partial charge in [0.15, 0.2) is 5.96 Å². The highest BCUT2D eigenvalue weighted by atomic mass is 19.4. The van der Waals surface area contributed by atoms with E-state index in [1.165, 1.54) is 0 Å². The molecule has 1 heterocycles. The van der Waals surface area contributed by atoms with Crippen LogP contribution in [0.4, 0.5) is 13.2 Å². The molecule has 0 fully saturated rings. The summed E-state index contributed by atoms with van der Waals surface area (Å²) in [5, 5.41) is 5.92. The summed E-state index contributed by atoms with van der Waals surface area (Å²) in [6.07, 6.45) is -5.12. The first-order valence-corrected chi connectivity index (χ1v) is 6.49. The van der Waals surface area contributed by atoms with Crippen molar-refractivity contribution in [2.45, 2.75) is 39.4 Å². The van der Waals surface area contributed by atoms with Crippen LogP contribution in [0.5, 0.6) is 0 Å². The van der Waals surface area contributed by atoms with Crippen molar-refractivity contribution in [3.8, 4) is 0 Å². The molecule has 1 unspecified atom stereocenters. The summed E-state index contributed by atoms with van der Waals surface area (Å²) < 4.78 is 41.7. The maximum atomic E-state index is 12.1. The Bertz CT molecular complexity index is 440. The number of aliphatic imine (C=N–C) groups is 1. The van der Waals surface area contributed by atoms with Crippen LogP contribution in [0.25, 0.3) is 0 Å². The molecule has 0 amide bonds. The first-order chi connectivity index (χ1) is 9.31. The van der Waals surface area contributed by atoms with Crippen LogP contribution >= 0.6 is 0 Å². The molecule has 0 aliphatic heterocycles. The summed E-state index contributed by atoms with van der Waals surface area (Å²) in [5.41, 5.74) is 0. The molecule has 0 bridgehead atoms. The highest BCUT2D eigenvalue weighted by Gasteiger charge is 2.26. The zero-order valence-corrected chi connectivity index (χ0v) is 11.8. The van der Waals surface area contributed by atoms with Crippen molar-refractivity contribution in [3.63, 3.8) is 0 Å². The van der Waals surface area contributed by atoms with Gasteiger partial charge in [0.25, 0.3) is 0 Å². The monoisotopic (exact) mass is 291 g/mol. The van der Waals surface area contributed by atoms with Gasteiger partial charge in [-0.25, -0.2) is 0 Å². The number of nitrogens with zero attached hydrogens (tertiary/aromatic N) is 1. The predicted molar refractivity (Wildman–Crippen MR) is 71.6 cm³/mol. The van der Waals surface area contributed by atoms with E-state index in [4.69, 9.17) is 4.42 Å². The average Bonchev–Trinajstić information content (AvgIpc) is 2.74. The summed E-state index contributed by atoms with van der Waals surface area (Å²) in [4.78, 5) is 3.90. The quantitative estimate of drug-likeness (QED) is 0.647. The molecular formula is C13H20F3N3O. The van der Waals surface area contributed by atoms with E-state index in [1.807, 2.05) is 32.9 Å². The van der Waals surface area contributed by atoms with Gasteiger partial charge in [-0.3, -0.25) is 4.99 Å². The lowest BCUT2D eigenvalue weighted by Crippen LogP contribution is -2.38. The second-order valence-electron chi connectivity index (χ2n) is 4.44. The molecule has 20 heavy (non-hydrogen) atoms. The SMILES string of the molecule is CCNC(=NCCC(F)(F)F)NC(C)c1ccc(C)o1. The molecule has 0 saturated carbocycles. The molecule has 1 aromatic heterocycles. The summed E-state index contributed by atoms with van der Waals surface area (Å²) in [7, 11) is 0. The smallest absolute Gasteiger partial charge is 0.390 e. The number of guanidine groups is 1. The highest BCUT2D eigenvalue weighted by molar-refractivity contribution is 5.80. The van der Waals surface area contributed by atoms with Crippen molar-refractivity contribution in [1.82, 2.24) is 10.6 Å². The number of hydrogen-bond acceptors (Lipinski definition) is 2. The lowest BCUT2D eigenvalue weighted by molar-refractivity contribution is -0.132. The van der Waals surface area contributed by atoms with Crippen molar-refractivity contribution in [3.05, 3.63) is 23.7 Å². The van der Waals surface area contributed by atoms with Crippen molar-refractivity contribution in [1.29, 1.82) is 0 Å². The molecule has 2 N–H and O–H groups in total. The minimum atomic E-state index is -4.19. The second kappa shape index (κ2) is 7.21. The number of nitrogens with one attached hydrogen (secondary N) is 2. The molecule has 0 aliphatic rings. The molecule has 4 nitrogen and oxygen atoms in total. The number of furan rings is 1. The Kier molecular flexibility index (Phi) is 5.91. The van der Waals surface area contributed by atoms with E-state index in [9.17, 15) is 13.2 Å². The van der Waals surface area contributed by atoms with Crippen molar-refractivity contribution < 1.29 is 17.6 Å². The number of hydrogen-bond donors (Lipinski definition) is 2. The van der Waals surface area contributed by atoms with Gasteiger partial charge in [0.05, 0.1) is 19.0 Å². The maximum Gasteiger partial charge on any atom is 0.390 e. The molecular weight excluding hydrogens is 271 g/mol. The largest absolute Gasteiger partial charge is 0.464 e. The summed E-state index contributed by atoms with van der Waals surface area (Å²) >= 11 is 0. The molecule has 7 heteroatoms. The fraction of sp³-hybridized carbons (Fsp3) is 0.615. The van der Waals surface area contributed by atoms with Gasteiger partial charge in [-0.15, -0.1) is 0 Å². The standard InChI is InChI=1S/C13H20F3N3O/c1-4-17-12(18-8-7-13(14,15)16)19-10(3)11-6-5-9(2)20-11/h5-6,10H,4,7-8H2,1-3H3,(H2,17,18,19). The van der Waals surface area contributed by atoms with Crippen LogP contribution in [-0.4, -0.2) is 25.2 Å². The van der Waals surface area contributed by atoms with Crippen LogP contribution in [-0.2, 0) is 0 Å². The van der Waals surface area contributed by atoms with Gasteiger partial charge in [0.2, 0.25) is 0 Å². The van der Waals surface area contributed by atoms with E-state index >= 15 is 0 Å². The average molecular weight is 291 g/mol. The third kappa shape index (κ3) is 5.99. The first-order valence-electron chi connectivity index (χ1n) is 6.49. The summed E-state index contributed by atoms with van der Waals surface area (Å²) in [5.74, 6) is 1.84. The highest BCUT2D eigenvalue weighted by Crippen LogP contribution is 2.19. The molecule has 0 spiro atoms. The van der Waals surface area contributed by atoms with Crippen LogP contribution in [0, 0.1) is 6.92 Å². The normalized spacial score (nSPS) is 14.2. The zero-order chi connectivity index (χ0) is 15.2. The topological polar surface area (TPSA) is 49.6 Å². The van der Waals surface area contributed by atoms with E-state index in [0.717, 1.165) is 5.76 Å². The number of rotatable bonds is 5. The third-order valence-corrected chi connectivity index (χ3v) is 2.55. The van der Waals surface area contributed by atoms with Gasteiger partial charge in [-0.1, -0.05) is 0 Å². The molecule has 0 aromatic carbocycles. The van der Waals surface area contributed by atoms with Crippen molar-refractivity contribution in [2.24, 2.45) is 4.99 Å². The third-order valence-electron chi connectivity index (χ3n) is 2.55. The van der Waals surface area contributed by atoms with Crippen LogP contribution in [0.3, 0.4) is 0 Å². The number of halogens is 3. The Hall–Kier alpha value is -1.66. The first kappa shape index (κ1) is 16.4. The van der Waals surface area contributed by atoms with Gasteiger partial charge >= 0.3 is 6.18 Å². The van der Waals surface area contributed by atoms with Gasteiger partial charge in [0.1, 0.15) is 11.5 Å². The van der Waals surface area contributed by atoms with Gasteiger partial charge in [-0.2, -0.15) is 13.2 Å². The Morgan fingerprint density at radius 3 is 2.60 bits per heavy atom. The van der Waals surface area contributed by atoms with Gasteiger partial charge in [0, 0.05) is 6.54 Å². The van der Waals surface area contributed by atoms with Gasteiger partial charge in [-0.05, 0) is 32.9 Å².